The van der Waals surface area contributed by atoms with E-state index in [0.29, 0.717) is 17.0 Å². The molecule has 0 aliphatic carbocycles. The first-order chi connectivity index (χ1) is 9.58. The van der Waals surface area contributed by atoms with Gasteiger partial charge in [-0.1, -0.05) is 0 Å². The minimum atomic E-state index is -0.719. The van der Waals surface area contributed by atoms with Crippen LogP contribution < -0.4 is 33.3 Å². The molecule has 0 radical (unpaired) electrons. The minimum Gasteiger partial charge on any atom is -1.00 e. The standard InChI is InChI=1S/C15H15FNO3.HI/c1-17-7-5-4-6-13(17)11-8-10(19-2)9-12(16)14(11)15(18)20-3;/h4-9H,1-3H3;1H/q+1;/p-1. The maximum atomic E-state index is 14.2. The van der Waals surface area contributed by atoms with Gasteiger partial charge in [-0.3, -0.25) is 0 Å². The molecule has 0 amide bonds. The highest BCUT2D eigenvalue weighted by Crippen LogP contribution is 2.29. The van der Waals surface area contributed by atoms with Crippen LogP contribution in [0, 0.1) is 5.82 Å². The van der Waals surface area contributed by atoms with Crippen molar-refractivity contribution in [2.24, 2.45) is 7.05 Å². The van der Waals surface area contributed by atoms with E-state index >= 15 is 0 Å². The summed E-state index contributed by atoms with van der Waals surface area (Å²) in [7, 11) is 4.48. The second-order valence-electron chi connectivity index (χ2n) is 4.22. The molecule has 0 atom stereocenters. The minimum absolute atomic E-state index is 0. The van der Waals surface area contributed by atoms with Crippen LogP contribution in [0.4, 0.5) is 4.39 Å². The number of esters is 1. The first-order valence-corrected chi connectivity index (χ1v) is 5.99. The molecule has 0 saturated heterocycles. The third-order valence-electron chi connectivity index (χ3n) is 3.02. The number of ether oxygens (including phenoxy) is 2. The van der Waals surface area contributed by atoms with E-state index in [1.54, 1.807) is 16.7 Å². The van der Waals surface area contributed by atoms with Gasteiger partial charge in [0.25, 0.3) is 0 Å². The zero-order chi connectivity index (χ0) is 14.7. The molecule has 0 bridgehead atoms. The smallest absolute Gasteiger partial charge is 0.341 e. The Hall–Kier alpha value is -1.70. The van der Waals surface area contributed by atoms with Crippen molar-refractivity contribution in [1.82, 2.24) is 0 Å². The maximum Gasteiger partial charge on any atom is 0.341 e. The van der Waals surface area contributed by atoms with Crippen LogP contribution in [-0.2, 0) is 11.8 Å². The molecule has 1 aromatic heterocycles. The summed E-state index contributed by atoms with van der Waals surface area (Å²) in [5.41, 5.74) is 1.01. The van der Waals surface area contributed by atoms with Crippen molar-refractivity contribution in [3.8, 4) is 17.0 Å². The molecular formula is C15H15FINO3. The van der Waals surface area contributed by atoms with Crippen molar-refractivity contribution in [2.45, 2.75) is 0 Å². The monoisotopic (exact) mass is 403 g/mol. The van der Waals surface area contributed by atoms with Crippen LogP contribution >= 0.6 is 0 Å². The van der Waals surface area contributed by atoms with E-state index in [1.807, 2.05) is 25.4 Å². The third-order valence-corrected chi connectivity index (χ3v) is 3.02. The van der Waals surface area contributed by atoms with Gasteiger partial charge in [-0.2, -0.15) is 0 Å². The van der Waals surface area contributed by atoms with E-state index in [0.717, 1.165) is 0 Å². The largest absolute Gasteiger partial charge is 1.00 e. The number of benzene rings is 1. The number of halogens is 2. The second-order valence-corrected chi connectivity index (χ2v) is 4.22. The lowest BCUT2D eigenvalue weighted by Gasteiger charge is -2.10. The summed E-state index contributed by atoms with van der Waals surface area (Å²) in [4.78, 5) is 11.8. The Kier molecular flexibility index (Phi) is 6.07. The molecule has 4 nitrogen and oxygen atoms in total. The van der Waals surface area contributed by atoms with Gasteiger partial charge >= 0.3 is 5.97 Å². The number of pyridine rings is 1. The Bertz CT molecular complexity index is 661. The Morgan fingerprint density at radius 2 is 1.95 bits per heavy atom. The fourth-order valence-electron chi connectivity index (χ4n) is 2.01. The number of aryl methyl sites for hydroxylation is 1. The molecule has 0 spiro atoms. The predicted octanol–water partition coefficient (Wildman–Crippen LogP) is -0.884. The average molecular weight is 403 g/mol. The van der Waals surface area contributed by atoms with Crippen molar-refractivity contribution < 1.29 is 47.2 Å². The van der Waals surface area contributed by atoms with Gasteiger partial charge in [-0.05, 0) is 12.1 Å². The molecule has 6 heteroatoms. The fourth-order valence-corrected chi connectivity index (χ4v) is 2.01. The van der Waals surface area contributed by atoms with Crippen molar-refractivity contribution in [3.63, 3.8) is 0 Å². The summed E-state index contributed by atoms with van der Waals surface area (Å²) in [6, 6.07) is 8.23. The quantitative estimate of drug-likeness (QED) is 0.380. The van der Waals surface area contributed by atoms with E-state index in [9.17, 15) is 9.18 Å². The van der Waals surface area contributed by atoms with Crippen LogP contribution in [0.15, 0.2) is 36.5 Å². The van der Waals surface area contributed by atoms with Gasteiger partial charge < -0.3 is 33.5 Å². The molecule has 0 aliphatic heterocycles. The lowest BCUT2D eigenvalue weighted by Crippen LogP contribution is -3.00. The lowest BCUT2D eigenvalue weighted by molar-refractivity contribution is -0.660. The van der Waals surface area contributed by atoms with Crippen LogP contribution in [0.1, 0.15) is 10.4 Å². The molecule has 0 fully saturated rings. The SMILES string of the molecule is COC(=O)c1c(F)cc(OC)cc1-c1cccc[n+]1C.[I-]. The van der Waals surface area contributed by atoms with Crippen molar-refractivity contribution in [2.75, 3.05) is 14.2 Å². The van der Waals surface area contributed by atoms with Crippen molar-refractivity contribution >= 4 is 5.97 Å². The van der Waals surface area contributed by atoms with Gasteiger partial charge in [0.15, 0.2) is 6.20 Å². The van der Waals surface area contributed by atoms with Gasteiger partial charge in [0.1, 0.15) is 24.2 Å². The van der Waals surface area contributed by atoms with Gasteiger partial charge in [0.05, 0.1) is 19.8 Å². The number of carbonyl (C=O) groups excluding carboxylic acids is 1. The number of aromatic nitrogens is 1. The van der Waals surface area contributed by atoms with E-state index in [2.05, 4.69) is 4.74 Å². The zero-order valence-corrected chi connectivity index (χ0v) is 14.0. The number of methoxy groups -OCH3 is 2. The van der Waals surface area contributed by atoms with Crippen LogP contribution in [0.3, 0.4) is 0 Å². The summed E-state index contributed by atoms with van der Waals surface area (Å²) in [5, 5.41) is 0. The highest BCUT2D eigenvalue weighted by molar-refractivity contribution is 5.97. The molecule has 0 saturated carbocycles. The number of hydrogen-bond donors (Lipinski definition) is 0. The lowest BCUT2D eigenvalue weighted by atomic mass is 10.0. The van der Waals surface area contributed by atoms with Crippen molar-refractivity contribution in [1.29, 1.82) is 0 Å². The van der Waals surface area contributed by atoms with E-state index in [4.69, 9.17) is 4.74 Å². The summed E-state index contributed by atoms with van der Waals surface area (Å²) < 4.78 is 25.7. The van der Waals surface area contributed by atoms with Crippen LogP contribution in [0.2, 0.25) is 0 Å². The molecule has 1 aromatic carbocycles. The summed E-state index contributed by atoms with van der Waals surface area (Å²) in [6.07, 6.45) is 1.81. The summed E-state index contributed by atoms with van der Waals surface area (Å²) in [6.45, 7) is 0. The Morgan fingerprint density at radius 3 is 2.52 bits per heavy atom. The summed E-state index contributed by atoms with van der Waals surface area (Å²) in [5.74, 6) is -1.05. The maximum absolute atomic E-state index is 14.2. The predicted molar refractivity (Wildman–Crippen MR) is 70.9 cm³/mol. The zero-order valence-electron chi connectivity index (χ0n) is 11.9. The normalized spacial score (nSPS) is 9.71. The molecule has 0 aliphatic rings. The van der Waals surface area contributed by atoms with Gasteiger partial charge in [-0.25, -0.2) is 13.8 Å². The van der Waals surface area contributed by atoms with Gasteiger partial charge in [0, 0.05) is 18.2 Å². The Balaban J connectivity index is 0.00000220. The van der Waals surface area contributed by atoms with Crippen LogP contribution in [-0.4, -0.2) is 20.2 Å². The Labute approximate surface area is 139 Å². The number of rotatable bonds is 3. The number of hydrogen-bond acceptors (Lipinski definition) is 3. The van der Waals surface area contributed by atoms with E-state index < -0.39 is 11.8 Å². The van der Waals surface area contributed by atoms with E-state index in [1.165, 1.54) is 20.3 Å². The number of nitrogens with zero attached hydrogens (tertiary/aromatic N) is 1. The molecule has 112 valence electrons. The highest BCUT2D eigenvalue weighted by atomic mass is 127. The molecule has 1 heterocycles. The molecule has 2 rings (SSSR count). The van der Waals surface area contributed by atoms with Crippen molar-refractivity contribution in [3.05, 3.63) is 47.9 Å². The average Bonchev–Trinajstić information content (AvgIpc) is 2.46. The second kappa shape index (κ2) is 7.35. The van der Waals surface area contributed by atoms with Gasteiger partial charge in [0.2, 0.25) is 5.69 Å². The highest BCUT2D eigenvalue weighted by Gasteiger charge is 2.24. The topological polar surface area (TPSA) is 39.4 Å². The Morgan fingerprint density at radius 1 is 1.24 bits per heavy atom. The molecule has 2 aromatic rings. The van der Waals surface area contributed by atoms with Gasteiger partial charge in [-0.15, -0.1) is 0 Å². The van der Waals surface area contributed by atoms with E-state index in [-0.39, 0.29) is 29.5 Å². The molecule has 21 heavy (non-hydrogen) atoms. The van der Waals surface area contributed by atoms with Crippen LogP contribution in [0.5, 0.6) is 5.75 Å². The summed E-state index contributed by atoms with van der Waals surface area (Å²) >= 11 is 0. The first kappa shape index (κ1) is 17.4. The third kappa shape index (κ3) is 3.49. The molecular weight excluding hydrogens is 388 g/mol. The molecule has 0 N–H and O–H groups in total. The fraction of sp³-hybridized carbons (Fsp3) is 0.200. The van der Waals surface area contributed by atoms with Crippen LogP contribution in [0.25, 0.3) is 11.3 Å². The number of carbonyl (C=O) groups is 1. The first-order valence-electron chi connectivity index (χ1n) is 5.99. The molecule has 0 unspecified atom stereocenters.